The van der Waals surface area contributed by atoms with Crippen molar-refractivity contribution in [2.24, 2.45) is 0 Å². The molecule has 10 heteroatoms. The van der Waals surface area contributed by atoms with Crippen LogP contribution in [0.15, 0.2) is 48.6 Å². The lowest BCUT2D eigenvalue weighted by Crippen LogP contribution is -2.47. The molecule has 0 fully saturated rings. The minimum Gasteiger partial charge on any atom is -0.456 e. The molecule has 0 aliphatic rings. The Bertz CT molecular complexity index is 1470. The van der Waals surface area contributed by atoms with Crippen molar-refractivity contribution in [1.29, 1.82) is 0 Å². The van der Waals surface area contributed by atoms with Crippen LogP contribution in [0.25, 0.3) is 0 Å². The summed E-state index contributed by atoms with van der Waals surface area (Å²) in [5.74, 6) is -0.517. The van der Waals surface area contributed by atoms with E-state index in [2.05, 4.69) is 62.5 Å². The number of hydrogen-bond acceptors (Lipinski definition) is 6. The second-order valence-corrected chi connectivity index (χ2v) is 25.5. The van der Waals surface area contributed by atoms with Gasteiger partial charge in [-0.2, -0.15) is 0 Å². The summed E-state index contributed by atoms with van der Waals surface area (Å²) in [6.07, 6.45) is 72.6. The van der Waals surface area contributed by atoms with Gasteiger partial charge in [-0.3, -0.25) is 18.6 Å². The van der Waals surface area contributed by atoms with Crippen LogP contribution in [0.1, 0.15) is 323 Å². The molecular weight excluding hydrogens is 988 g/mol. The van der Waals surface area contributed by atoms with E-state index in [-0.39, 0.29) is 31.5 Å². The number of likely N-dealkylation sites (N-methyl/N-ethyl adjacent to an activating group) is 1. The Morgan fingerprint density at radius 3 is 1.19 bits per heavy atom. The molecule has 0 spiro atoms. The van der Waals surface area contributed by atoms with Gasteiger partial charge in [-0.15, -0.1) is 0 Å². The molecule has 0 aromatic rings. The van der Waals surface area contributed by atoms with Crippen molar-refractivity contribution in [1.82, 2.24) is 5.32 Å². The molecule has 3 unspecified atom stereocenters. The van der Waals surface area contributed by atoms with E-state index < -0.39 is 20.0 Å². The number of rotatable bonds is 61. The Hall–Kier alpha value is -2.03. The Balaban J connectivity index is 5.14. The number of phosphoric ester groups is 1. The summed E-state index contributed by atoms with van der Waals surface area (Å²) in [5.41, 5.74) is 0. The van der Waals surface area contributed by atoms with E-state index >= 15 is 0 Å². The SMILES string of the molecule is CCCCC/C=C\C/C=C\C/C=C\CCCCCCC(=O)OC(/C=C/CCCCCCCCCCCC)C(COP(=O)(O)OCC[N+](C)(C)C)NC(=O)CCCCCCCCCCCCCCCCCCCCCCCCC. The highest BCUT2D eigenvalue weighted by atomic mass is 31.2. The molecule has 458 valence electrons. The molecule has 0 aliphatic heterocycles. The topological polar surface area (TPSA) is 111 Å². The van der Waals surface area contributed by atoms with Crippen LogP contribution in [0, 0.1) is 0 Å². The van der Waals surface area contributed by atoms with Crippen LogP contribution in [-0.2, 0) is 27.9 Å². The fourth-order valence-corrected chi connectivity index (χ4v) is 10.6. The van der Waals surface area contributed by atoms with Crippen molar-refractivity contribution < 1.29 is 37.3 Å². The predicted octanol–water partition coefficient (Wildman–Crippen LogP) is 20.8. The first-order valence-corrected chi connectivity index (χ1v) is 35.0. The largest absolute Gasteiger partial charge is 0.472 e. The predicted molar refractivity (Wildman–Crippen MR) is 337 cm³/mol. The summed E-state index contributed by atoms with van der Waals surface area (Å²) in [4.78, 5) is 37.8. The van der Waals surface area contributed by atoms with E-state index in [9.17, 15) is 19.0 Å². The van der Waals surface area contributed by atoms with Crippen LogP contribution in [0.3, 0.4) is 0 Å². The molecule has 0 heterocycles. The van der Waals surface area contributed by atoms with Crippen LogP contribution >= 0.6 is 7.82 Å². The van der Waals surface area contributed by atoms with E-state index in [0.717, 1.165) is 77.0 Å². The molecule has 0 saturated heterocycles. The number of carbonyl (C=O) groups excluding carboxylic acids is 2. The van der Waals surface area contributed by atoms with Crippen molar-refractivity contribution in [3.8, 4) is 0 Å². The first-order valence-electron chi connectivity index (χ1n) is 33.5. The quantitative estimate of drug-likeness (QED) is 0.0205. The normalized spacial score (nSPS) is 13.9. The molecule has 3 atom stereocenters. The highest BCUT2D eigenvalue weighted by molar-refractivity contribution is 7.47. The van der Waals surface area contributed by atoms with E-state index in [0.29, 0.717) is 23.9 Å². The fourth-order valence-electron chi connectivity index (χ4n) is 9.83. The summed E-state index contributed by atoms with van der Waals surface area (Å²) >= 11 is 0. The van der Waals surface area contributed by atoms with Crippen LogP contribution in [-0.4, -0.2) is 74.3 Å². The van der Waals surface area contributed by atoms with Gasteiger partial charge in [0.15, 0.2) is 0 Å². The van der Waals surface area contributed by atoms with Crippen molar-refractivity contribution in [3.05, 3.63) is 48.6 Å². The molecule has 1 amide bonds. The van der Waals surface area contributed by atoms with Gasteiger partial charge in [0, 0.05) is 12.8 Å². The molecule has 0 aromatic heterocycles. The molecule has 78 heavy (non-hydrogen) atoms. The zero-order valence-electron chi connectivity index (χ0n) is 52.4. The van der Waals surface area contributed by atoms with Gasteiger partial charge >= 0.3 is 13.8 Å². The number of hydrogen-bond donors (Lipinski definition) is 2. The Kier molecular flexibility index (Phi) is 56.7. The fraction of sp³-hybridized carbons (Fsp3) is 0.853. The average Bonchev–Trinajstić information content (AvgIpc) is 3.40. The van der Waals surface area contributed by atoms with Gasteiger partial charge in [-0.25, -0.2) is 4.57 Å². The number of carbonyl (C=O) groups is 2. The van der Waals surface area contributed by atoms with E-state index in [1.807, 2.05) is 33.3 Å². The lowest BCUT2D eigenvalue weighted by Gasteiger charge is -2.27. The van der Waals surface area contributed by atoms with Crippen LogP contribution in [0.2, 0.25) is 0 Å². The van der Waals surface area contributed by atoms with Gasteiger partial charge in [0.05, 0.1) is 33.8 Å². The maximum atomic E-state index is 13.6. The first kappa shape index (κ1) is 76.0. The molecule has 0 bridgehead atoms. The zero-order valence-corrected chi connectivity index (χ0v) is 53.3. The van der Waals surface area contributed by atoms with Crippen LogP contribution < -0.4 is 5.32 Å². The molecule has 0 aliphatic carbocycles. The lowest BCUT2D eigenvalue weighted by molar-refractivity contribution is -0.870. The standard InChI is InChI=1S/C68H129N2O7P/c1-7-10-13-16-19-22-25-28-30-32-33-34-35-36-37-39-40-42-45-48-51-54-57-60-67(71)69-65(64-76-78(73,74)75-63-62-70(4,5)6)66(59-56-53-50-47-44-27-24-21-18-15-12-9-3)77-68(72)61-58-55-52-49-46-43-41-38-31-29-26-23-20-17-14-11-8-2/h20,23,29,31,41,43,56,59,65-66H,7-19,21-22,24-28,30,32-40,42,44-55,57-58,60-64H2,1-6H3,(H-,69,71,73,74)/p+1/b23-20-,31-29-,43-41-,59-56+. The third kappa shape index (κ3) is 58.6. The molecular formula is C68H130N2O7P+. The van der Waals surface area contributed by atoms with Gasteiger partial charge in [0.25, 0.3) is 0 Å². The molecule has 0 saturated carbocycles. The van der Waals surface area contributed by atoms with Gasteiger partial charge < -0.3 is 19.4 Å². The monoisotopic (exact) mass is 1120 g/mol. The number of amides is 1. The number of ether oxygens (including phenoxy) is 1. The molecule has 9 nitrogen and oxygen atoms in total. The highest BCUT2D eigenvalue weighted by Crippen LogP contribution is 2.43. The lowest BCUT2D eigenvalue weighted by atomic mass is 10.0. The number of nitrogens with one attached hydrogen (secondary N) is 1. The molecule has 2 N–H and O–H groups in total. The maximum absolute atomic E-state index is 13.6. The first-order chi connectivity index (χ1) is 37.9. The number of phosphoric acid groups is 1. The average molecular weight is 1120 g/mol. The number of allylic oxidation sites excluding steroid dienone is 7. The van der Waals surface area contributed by atoms with Crippen molar-refractivity contribution in [2.75, 3.05) is 40.9 Å². The summed E-state index contributed by atoms with van der Waals surface area (Å²) < 4.78 is 30.7. The van der Waals surface area contributed by atoms with Crippen LogP contribution in [0.5, 0.6) is 0 Å². The van der Waals surface area contributed by atoms with Crippen molar-refractivity contribution in [2.45, 2.75) is 335 Å². The minimum atomic E-state index is -4.45. The maximum Gasteiger partial charge on any atom is 0.472 e. The second kappa shape index (κ2) is 58.2. The van der Waals surface area contributed by atoms with Gasteiger partial charge in [0.1, 0.15) is 19.3 Å². The number of esters is 1. The Morgan fingerprint density at radius 1 is 0.449 bits per heavy atom. The Morgan fingerprint density at radius 2 is 0.782 bits per heavy atom. The number of unbranched alkanes of at least 4 members (excludes halogenated alkanes) is 39. The molecule has 0 radical (unpaired) electrons. The smallest absolute Gasteiger partial charge is 0.456 e. The summed E-state index contributed by atoms with van der Waals surface area (Å²) in [6, 6.07) is -0.855. The highest BCUT2D eigenvalue weighted by Gasteiger charge is 2.30. The molecule has 0 rings (SSSR count). The van der Waals surface area contributed by atoms with Crippen molar-refractivity contribution in [3.63, 3.8) is 0 Å². The van der Waals surface area contributed by atoms with Gasteiger partial charge in [-0.1, -0.05) is 288 Å². The van der Waals surface area contributed by atoms with E-state index in [1.165, 1.54) is 205 Å². The number of quaternary nitrogens is 1. The van der Waals surface area contributed by atoms with Gasteiger partial charge in [-0.05, 0) is 70.3 Å². The molecule has 0 aromatic carbocycles. The van der Waals surface area contributed by atoms with Crippen LogP contribution in [0.4, 0.5) is 0 Å². The van der Waals surface area contributed by atoms with Crippen molar-refractivity contribution >= 4 is 19.7 Å². The zero-order chi connectivity index (χ0) is 57.2. The second-order valence-electron chi connectivity index (χ2n) is 24.0. The summed E-state index contributed by atoms with van der Waals surface area (Å²) in [6.45, 7) is 7.01. The third-order valence-corrected chi connectivity index (χ3v) is 16.0. The Labute approximate surface area is 484 Å². The summed E-state index contributed by atoms with van der Waals surface area (Å²) in [7, 11) is 1.49. The minimum absolute atomic E-state index is 0.0377. The van der Waals surface area contributed by atoms with E-state index in [4.69, 9.17) is 13.8 Å². The van der Waals surface area contributed by atoms with Gasteiger partial charge in [0.2, 0.25) is 5.91 Å². The van der Waals surface area contributed by atoms with E-state index in [1.54, 1.807) is 0 Å². The third-order valence-electron chi connectivity index (χ3n) is 15.0. The summed E-state index contributed by atoms with van der Waals surface area (Å²) in [5, 5.41) is 3.06. The number of nitrogens with zero attached hydrogens (tertiary/aromatic N) is 1.